The van der Waals surface area contributed by atoms with E-state index in [1.54, 1.807) is 18.2 Å². The molecule has 0 fully saturated rings. The number of carboxylic acid groups (broad SMARTS) is 1. The molecule has 2 N–H and O–H groups in total. The third kappa shape index (κ3) is 1.64. The predicted molar refractivity (Wildman–Crippen MR) is 50.0 cm³/mol. The number of carboxylic acids is 1. The fourth-order valence-electron chi connectivity index (χ4n) is 1.14. The van der Waals surface area contributed by atoms with Crippen LogP contribution in [0.2, 0.25) is 0 Å². The van der Waals surface area contributed by atoms with E-state index in [0.29, 0.717) is 5.69 Å². The normalized spacial score (nSPS) is 10.1. The Hall–Kier alpha value is -2.37. The number of para-hydroxylation sites is 2. The molecule has 0 unspecified atom stereocenters. The smallest absolute Gasteiger partial charge is 0.358 e. The number of phenols is 1. The van der Waals surface area contributed by atoms with Gasteiger partial charge in [-0.2, -0.15) is 0 Å². The minimum Gasteiger partial charge on any atom is -0.506 e. The molecule has 6 nitrogen and oxygen atoms in total. The first-order chi connectivity index (χ1) is 7.18. The highest BCUT2D eigenvalue weighted by atomic mass is 16.4. The van der Waals surface area contributed by atoms with E-state index in [1.165, 1.54) is 16.9 Å². The molecule has 0 amide bonds. The molecule has 2 aromatic rings. The lowest BCUT2D eigenvalue weighted by Gasteiger charge is -2.01. The summed E-state index contributed by atoms with van der Waals surface area (Å²) in [6.07, 6.45) is 1.23. The molecule has 1 heterocycles. The van der Waals surface area contributed by atoms with Crippen LogP contribution in [0.15, 0.2) is 30.5 Å². The number of aromatic nitrogens is 3. The monoisotopic (exact) mass is 205 g/mol. The number of aromatic hydroxyl groups is 1. The standard InChI is InChI=1S/C9H7N3O3/c13-8-4-2-1-3-7(8)12-5-6(9(14)15)10-11-12/h1-5,13H,(H,14,15). The lowest BCUT2D eigenvalue weighted by molar-refractivity contribution is 0.0690. The van der Waals surface area contributed by atoms with Crippen molar-refractivity contribution in [1.29, 1.82) is 0 Å². The highest BCUT2D eigenvalue weighted by Crippen LogP contribution is 2.19. The highest BCUT2D eigenvalue weighted by Gasteiger charge is 2.10. The van der Waals surface area contributed by atoms with Crippen molar-refractivity contribution >= 4 is 5.97 Å². The van der Waals surface area contributed by atoms with Crippen molar-refractivity contribution < 1.29 is 15.0 Å². The molecule has 0 spiro atoms. The van der Waals surface area contributed by atoms with Gasteiger partial charge in [-0.05, 0) is 12.1 Å². The van der Waals surface area contributed by atoms with Crippen LogP contribution in [-0.4, -0.2) is 31.2 Å². The van der Waals surface area contributed by atoms with Gasteiger partial charge in [0.05, 0.1) is 6.20 Å². The van der Waals surface area contributed by atoms with E-state index in [0.717, 1.165) is 0 Å². The van der Waals surface area contributed by atoms with Crippen molar-refractivity contribution in [1.82, 2.24) is 15.0 Å². The zero-order chi connectivity index (χ0) is 10.8. The van der Waals surface area contributed by atoms with E-state index in [9.17, 15) is 9.90 Å². The molecule has 15 heavy (non-hydrogen) atoms. The van der Waals surface area contributed by atoms with Gasteiger partial charge in [0.1, 0.15) is 11.4 Å². The first-order valence-corrected chi connectivity index (χ1v) is 4.12. The summed E-state index contributed by atoms with van der Waals surface area (Å²) in [6, 6.07) is 6.46. The Morgan fingerprint density at radius 3 is 2.67 bits per heavy atom. The molecule has 0 aliphatic rings. The summed E-state index contributed by atoms with van der Waals surface area (Å²) in [4.78, 5) is 10.6. The second-order valence-electron chi connectivity index (χ2n) is 2.84. The largest absolute Gasteiger partial charge is 0.506 e. The van der Waals surface area contributed by atoms with Gasteiger partial charge in [-0.1, -0.05) is 17.3 Å². The van der Waals surface area contributed by atoms with Crippen LogP contribution in [0.5, 0.6) is 5.75 Å². The van der Waals surface area contributed by atoms with Crippen molar-refractivity contribution in [2.45, 2.75) is 0 Å². The number of phenolic OH excluding ortho intramolecular Hbond substituents is 1. The third-order valence-electron chi connectivity index (χ3n) is 1.84. The number of hydrogen-bond donors (Lipinski definition) is 2. The summed E-state index contributed by atoms with van der Waals surface area (Å²) in [5.41, 5.74) is 0.218. The number of carbonyl (C=O) groups is 1. The van der Waals surface area contributed by atoms with Crippen LogP contribution in [0.25, 0.3) is 5.69 Å². The van der Waals surface area contributed by atoms with E-state index in [1.807, 2.05) is 0 Å². The SMILES string of the molecule is O=C(O)c1cn(-c2ccccc2O)nn1. The summed E-state index contributed by atoms with van der Waals surface area (Å²) in [6.45, 7) is 0. The molecule has 0 aliphatic heterocycles. The first-order valence-electron chi connectivity index (χ1n) is 4.12. The third-order valence-corrected chi connectivity index (χ3v) is 1.84. The Balaban J connectivity index is 2.46. The Morgan fingerprint density at radius 1 is 1.33 bits per heavy atom. The molecule has 0 saturated heterocycles. The van der Waals surface area contributed by atoms with Crippen LogP contribution >= 0.6 is 0 Å². The van der Waals surface area contributed by atoms with Crippen LogP contribution < -0.4 is 0 Å². The molecule has 0 saturated carbocycles. The molecule has 2 rings (SSSR count). The van der Waals surface area contributed by atoms with Gasteiger partial charge in [-0.3, -0.25) is 0 Å². The van der Waals surface area contributed by atoms with Crippen LogP contribution in [0, 0.1) is 0 Å². The van der Waals surface area contributed by atoms with Gasteiger partial charge in [0, 0.05) is 0 Å². The maximum Gasteiger partial charge on any atom is 0.358 e. The van der Waals surface area contributed by atoms with Crippen LogP contribution in [0.4, 0.5) is 0 Å². The predicted octanol–water partition coefficient (Wildman–Crippen LogP) is 0.671. The molecule has 1 aromatic heterocycles. The molecular formula is C9H7N3O3. The Kier molecular flexibility index (Phi) is 2.09. The fourth-order valence-corrected chi connectivity index (χ4v) is 1.14. The van der Waals surface area contributed by atoms with Crippen molar-refractivity contribution in [3.63, 3.8) is 0 Å². The summed E-state index contributed by atoms with van der Waals surface area (Å²) < 4.78 is 1.21. The lowest BCUT2D eigenvalue weighted by atomic mass is 10.3. The van der Waals surface area contributed by atoms with E-state index in [2.05, 4.69) is 10.3 Å². The Labute approximate surface area is 84.4 Å². The zero-order valence-corrected chi connectivity index (χ0v) is 7.53. The second kappa shape index (κ2) is 3.41. The van der Waals surface area contributed by atoms with E-state index >= 15 is 0 Å². The molecule has 0 bridgehead atoms. The van der Waals surface area contributed by atoms with Crippen molar-refractivity contribution in [3.8, 4) is 11.4 Å². The quantitative estimate of drug-likeness (QED) is 0.752. The molecule has 76 valence electrons. The van der Waals surface area contributed by atoms with Crippen molar-refractivity contribution in [2.24, 2.45) is 0 Å². The molecule has 0 aliphatic carbocycles. The fraction of sp³-hybridized carbons (Fsp3) is 0. The number of hydrogen-bond acceptors (Lipinski definition) is 4. The summed E-state index contributed by atoms with van der Waals surface area (Å²) in [5.74, 6) is -1.14. The second-order valence-corrected chi connectivity index (χ2v) is 2.84. The topological polar surface area (TPSA) is 88.2 Å². The van der Waals surface area contributed by atoms with Gasteiger partial charge in [0.25, 0.3) is 0 Å². The number of nitrogens with zero attached hydrogens (tertiary/aromatic N) is 3. The number of benzene rings is 1. The average Bonchev–Trinajstić information content (AvgIpc) is 2.67. The van der Waals surface area contributed by atoms with Gasteiger partial charge in [0.15, 0.2) is 5.69 Å². The van der Waals surface area contributed by atoms with Crippen molar-refractivity contribution in [3.05, 3.63) is 36.2 Å². The Morgan fingerprint density at radius 2 is 2.07 bits per heavy atom. The number of aromatic carboxylic acids is 1. The lowest BCUT2D eigenvalue weighted by Crippen LogP contribution is -1.96. The van der Waals surface area contributed by atoms with E-state index in [4.69, 9.17) is 5.11 Å². The summed E-state index contributed by atoms with van der Waals surface area (Å²) >= 11 is 0. The molecule has 6 heteroatoms. The molecule has 1 aromatic carbocycles. The summed E-state index contributed by atoms with van der Waals surface area (Å²) in [7, 11) is 0. The maximum absolute atomic E-state index is 10.6. The maximum atomic E-state index is 10.6. The highest BCUT2D eigenvalue weighted by molar-refractivity contribution is 5.84. The minimum absolute atomic E-state index is 0.0133. The van der Waals surface area contributed by atoms with Gasteiger partial charge < -0.3 is 10.2 Å². The van der Waals surface area contributed by atoms with Crippen LogP contribution in [0.3, 0.4) is 0 Å². The Bertz CT molecular complexity index is 507. The van der Waals surface area contributed by atoms with Crippen LogP contribution in [0.1, 0.15) is 10.5 Å². The van der Waals surface area contributed by atoms with Gasteiger partial charge in [-0.25, -0.2) is 9.48 Å². The molecular weight excluding hydrogens is 198 g/mol. The van der Waals surface area contributed by atoms with Gasteiger partial charge in [0.2, 0.25) is 0 Å². The van der Waals surface area contributed by atoms with E-state index < -0.39 is 5.97 Å². The van der Waals surface area contributed by atoms with Gasteiger partial charge >= 0.3 is 5.97 Å². The summed E-state index contributed by atoms with van der Waals surface area (Å²) in [5, 5.41) is 25.1. The zero-order valence-electron chi connectivity index (χ0n) is 7.53. The molecule has 0 radical (unpaired) electrons. The first kappa shape index (κ1) is 9.20. The van der Waals surface area contributed by atoms with Gasteiger partial charge in [-0.15, -0.1) is 5.10 Å². The van der Waals surface area contributed by atoms with Crippen LogP contribution in [-0.2, 0) is 0 Å². The average molecular weight is 205 g/mol. The minimum atomic E-state index is -1.16. The number of rotatable bonds is 2. The van der Waals surface area contributed by atoms with E-state index in [-0.39, 0.29) is 11.4 Å². The molecule has 0 atom stereocenters. The van der Waals surface area contributed by atoms with Crippen molar-refractivity contribution in [2.75, 3.05) is 0 Å².